The number of nitrogens with two attached hydrogens (primary N) is 2. The molecule has 0 aliphatic carbocycles. The van der Waals surface area contributed by atoms with Crippen molar-refractivity contribution in [1.82, 2.24) is 0 Å². The van der Waals surface area contributed by atoms with Crippen LogP contribution in [0.25, 0.3) is 0 Å². The van der Waals surface area contributed by atoms with Crippen molar-refractivity contribution in [3.05, 3.63) is 88.1 Å². The zero-order valence-corrected chi connectivity index (χ0v) is 22.2. The van der Waals surface area contributed by atoms with E-state index in [-0.39, 0.29) is 0 Å². The minimum Gasteiger partial charge on any atom is -0.744 e. The van der Waals surface area contributed by atoms with Gasteiger partial charge in [-0.3, -0.25) is 0 Å². The molecule has 0 spiro atoms. The second kappa shape index (κ2) is 18.3. The fourth-order valence-corrected chi connectivity index (χ4v) is 4.05. The maximum Gasteiger partial charge on any atom is 0.126 e. The van der Waals surface area contributed by atoms with Crippen LogP contribution in [0.1, 0.15) is 0 Å². The molecule has 202 valence electrons. The first-order chi connectivity index (χ1) is 16.7. The molecule has 1 aromatic rings. The summed E-state index contributed by atoms with van der Waals surface area (Å²) in [6, 6.07) is 1.09. The maximum atomic E-state index is 10.7. The Labute approximate surface area is 215 Å². The molecule has 0 aliphatic rings. The van der Waals surface area contributed by atoms with Gasteiger partial charge in [0.25, 0.3) is 0 Å². The summed E-state index contributed by atoms with van der Waals surface area (Å²) in [7, 11) is -9.93. The van der Waals surface area contributed by atoms with Crippen LogP contribution in [0.3, 0.4) is 0 Å². The van der Waals surface area contributed by atoms with E-state index in [1.54, 1.807) is 0 Å². The third-order valence-electron chi connectivity index (χ3n) is 4.28. The van der Waals surface area contributed by atoms with Crippen LogP contribution in [0, 0.1) is 0 Å². The summed E-state index contributed by atoms with van der Waals surface area (Å²) in [5.74, 6) is 0. The lowest BCUT2D eigenvalue weighted by Gasteiger charge is -2.15. The second-order valence-corrected chi connectivity index (χ2v) is 9.99. The number of rotatable bonds is 14. The van der Waals surface area contributed by atoms with Crippen LogP contribution in [0.15, 0.2) is 97.9 Å². The molecule has 0 radical (unpaired) electrons. The Hall–Kier alpha value is -3.00. The summed E-state index contributed by atoms with van der Waals surface area (Å²) >= 11 is 0. The Morgan fingerprint density at radius 3 is 0.972 bits per heavy atom. The summed E-state index contributed by atoms with van der Waals surface area (Å²) in [5, 5.41) is 0. The zero-order chi connectivity index (χ0) is 28.4. The molecule has 0 fully saturated rings. The van der Waals surface area contributed by atoms with Crippen molar-refractivity contribution in [1.29, 1.82) is 0 Å². The van der Waals surface area contributed by atoms with Gasteiger partial charge in [0.1, 0.15) is 20.2 Å². The van der Waals surface area contributed by atoms with Crippen molar-refractivity contribution >= 4 is 31.6 Å². The first-order valence-electron chi connectivity index (χ1n) is 10.7. The predicted octanol–water partition coefficient (Wildman–Crippen LogP) is -0.482. The third-order valence-corrected chi connectivity index (χ3v) is 6.06. The van der Waals surface area contributed by atoms with E-state index in [1.165, 1.54) is 9.80 Å². The van der Waals surface area contributed by atoms with Gasteiger partial charge < -0.3 is 30.4 Å². The van der Waals surface area contributed by atoms with Crippen LogP contribution >= 0.6 is 0 Å². The van der Waals surface area contributed by atoms with Crippen molar-refractivity contribution in [2.45, 2.75) is 9.79 Å². The van der Waals surface area contributed by atoms with E-state index in [2.05, 4.69) is 39.5 Å². The van der Waals surface area contributed by atoms with Crippen molar-refractivity contribution in [3.63, 3.8) is 0 Å². The molecular weight excluding hydrogens is 504 g/mol. The number of quaternary nitrogens is 2. The molecule has 0 unspecified atom stereocenters. The van der Waals surface area contributed by atoms with Gasteiger partial charge in [-0.1, -0.05) is 39.5 Å². The summed E-state index contributed by atoms with van der Waals surface area (Å²) in [6.07, 6.45) is 11.5. The van der Waals surface area contributed by atoms with Gasteiger partial charge in [0.2, 0.25) is 0 Å². The van der Waals surface area contributed by atoms with E-state index in [0.29, 0.717) is 6.07 Å². The lowest BCUT2D eigenvalue weighted by Crippen LogP contribution is -3.11. The SMILES string of the molecule is C=CC[NH+](CC=C)CC=C.C=CC[NH+](CC=C)CC=C.Nc1cc(N)c(S(=O)(=O)[O-])cc1S(=O)(=O)[O-]. The fraction of sp³-hybridized carbons (Fsp3) is 0.250. The number of benzene rings is 1. The molecule has 0 bridgehead atoms. The predicted molar refractivity (Wildman–Crippen MR) is 144 cm³/mol. The molecule has 0 heterocycles. The smallest absolute Gasteiger partial charge is 0.126 e. The Morgan fingerprint density at radius 1 is 0.583 bits per heavy atom. The van der Waals surface area contributed by atoms with Crippen molar-refractivity contribution in [3.8, 4) is 0 Å². The summed E-state index contributed by atoms with van der Waals surface area (Å²) in [6.45, 7) is 28.0. The Kier molecular flexibility index (Phi) is 17.9. The largest absolute Gasteiger partial charge is 0.744 e. The number of anilines is 2. The maximum absolute atomic E-state index is 10.7. The molecule has 1 rings (SSSR count). The Balaban J connectivity index is 0. The van der Waals surface area contributed by atoms with E-state index in [4.69, 9.17) is 11.5 Å². The monoisotopic (exact) mass is 542 g/mol. The van der Waals surface area contributed by atoms with Crippen LogP contribution < -0.4 is 21.3 Å². The topological polar surface area (TPSA) is 175 Å². The summed E-state index contributed by atoms with van der Waals surface area (Å²) < 4.78 is 64.0. The summed E-state index contributed by atoms with van der Waals surface area (Å²) in [5.41, 5.74) is 9.30. The average Bonchev–Trinajstić information content (AvgIpc) is 2.74. The second-order valence-electron chi connectivity index (χ2n) is 7.29. The first-order valence-corrected chi connectivity index (χ1v) is 13.5. The molecule has 10 nitrogen and oxygen atoms in total. The molecule has 0 saturated carbocycles. The Bertz CT molecular complexity index is 969. The molecule has 0 aromatic heterocycles. The highest BCUT2D eigenvalue weighted by Crippen LogP contribution is 2.27. The lowest BCUT2D eigenvalue weighted by atomic mass is 10.3. The van der Waals surface area contributed by atoms with E-state index in [9.17, 15) is 25.9 Å². The highest BCUT2D eigenvalue weighted by molar-refractivity contribution is 7.86. The van der Waals surface area contributed by atoms with Gasteiger partial charge in [-0.15, -0.1) is 0 Å². The molecule has 0 saturated heterocycles. The van der Waals surface area contributed by atoms with Gasteiger partial charge in [0, 0.05) is 0 Å². The third kappa shape index (κ3) is 15.1. The van der Waals surface area contributed by atoms with Crippen LogP contribution in [-0.2, 0) is 20.2 Å². The molecule has 36 heavy (non-hydrogen) atoms. The molecule has 0 aliphatic heterocycles. The molecule has 0 atom stereocenters. The van der Waals surface area contributed by atoms with Crippen LogP contribution in [-0.4, -0.2) is 65.2 Å². The number of hydrogen-bond acceptors (Lipinski definition) is 8. The van der Waals surface area contributed by atoms with Crippen molar-refractivity contribution < 1.29 is 35.7 Å². The minimum atomic E-state index is -4.97. The number of nitrogens with one attached hydrogen (secondary N) is 2. The van der Waals surface area contributed by atoms with Crippen LogP contribution in [0.5, 0.6) is 0 Å². The van der Waals surface area contributed by atoms with Crippen LogP contribution in [0.2, 0.25) is 0 Å². The molecular formula is C24H38N4O6S2. The van der Waals surface area contributed by atoms with Gasteiger partial charge in [-0.25, -0.2) is 16.8 Å². The molecule has 12 heteroatoms. The van der Waals surface area contributed by atoms with Gasteiger partial charge in [0.15, 0.2) is 0 Å². The highest BCUT2D eigenvalue weighted by atomic mass is 32.2. The zero-order valence-electron chi connectivity index (χ0n) is 20.5. The van der Waals surface area contributed by atoms with Gasteiger partial charge in [-0.2, -0.15) is 0 Å². The minimum absolute atomic E-state index is 0.356. The van der Waals surface area contributed by atoms with Crippen molar-refractivity contribution in [2.75, 3.05) is 50.7 Å². The summed E-state index contributed by atoms with van der Waals surface area (Å²) in [4.78, 5) is 0.882. The van der Waals surface area contributed by atoms with E-state index >= 15 is 0 Å². The van der Waals surface area contributed by atoms with Gasteiger partial charge in [-0.05, 0) is 48.6 Å². The molecule has 1 aromatic carbocycles. The van der Waals surface area contributed by atoms with Crippen LogP contribution in [0.4, 0.5) is 11.4 Å². The normalized spacial score (nSPS) is 10.8. The number of hydrogen-bond donors (Lipinski definition) is 4. The lowest BCUT2D eigenvalue weighted by molar-refractivity contribution is -0.882. The Morgan fingerprint density at radius 2 is 0.806 bits per heavy atom. The van der Waals surface area contributed by atoms with E-state index in [0.717, 1.165) is 45.3 Å². The fourth-order valence-electron chi connectivity index (χ4n) is 2.75. The standard InChI is InChI=1S/2C9H15N.C6H8N2O6S2/c2*1-4-7-10(8-5-2)9-6-3;7-3-1-4(8)6(16(12,13)14)2-5(3)15(9,10)11/h2*4-6H,1-3,7-9H2;1-2H,7-8H2,(H,9,10,11)(H,12,13,14). The van der Waals surface area contributed by atoms with Gasteiger partial charge >= 0.3 is 0 Å². The van der Waals surface area contributed by atoms with E-state index in [1.807, 2.05) is 36.5 Å². The van der Waals surface area contributed by atoms with Crippen molar-refractivity contribution in [2.24, 2.45) is 0 Å². The van der Waals surface area contributed by atoms with Gasteiger partial charge in [0.05, 0.1) is 60.4 Å². The quantitative estimate of drug-likeness (QED) is 0.138. The van der Waals surface area contributed by atoms with E-state index < -0.39 is 41.4 Å². The number of nitrogen functional groups attached to an aromatic ring is 2. The molecule has 6 N–H and O–H groups in total. The highest BCUT2D eigenvalue weighted by Gasteiger charge is 2.14. The average molecular weight is 543 g/mol. The first kappa shape index (κ1) is 35.2. The molecule has 0 amide bonds.